The third kappa shape index (κ3) is 3.11. The van der Waals surface area contributed by atoms with Crippen LogP contribution in [0.15, 0.2) is 17.2 Å². The third-order valence-corrected chi connectivity index (χ3v) is 4.79. The zero-order valence-electron chi connectivity index (χ0n) is 10.5. The van der Waals surface area contributed by atoms with E-state index in [1.165, 1.54) is 6.20 Å². The van der Waals surface area contributed by atoms with E-state index < -0.39 is 10.0 Å². The van der Waals surface area contributed by atoms with E-state index in [1.807, 2.05) is 7.05 Å². The maximum Gasteiger partial charge on any atom is 0.242 e. The molecule has 0 saturated carbocycles. The summed E-state index contributed by atoms with van der Waals surface area (Å²) in [5.41, 5.74) is 6.18. The molecule has 1 aromatic heterocycles. The van der Waals surface area contributed by atoms with Gasteiger partial charge in [0.2, 0.25) is 10.0 Å². The first-order valence-corrected chi connectivity index (χ1v) is 7.58. The van der Waals surface area contributed by atoms with E-state index >= 15 is 0 Å². The van der Waals surface area contributed by atoms with Gasteiger partial charge < -0.3 is 15.6 Å². The third-order valence-electron chi connectivity index (χ3n) is 3.29. The van der Waals surface area contributed by atoms with Crippen LogP contribution in [-0.2, 0) is 16.6 Å². The van der Waals surface area contributed by atoms with Crippen molar-refractivity contribution in [2.24, 2.45) is 5.73 Å². The number of nitrogens with zero attached hydrogens (tertiary/aromatic N) is 1. The molecule has 0 aromatic carbocycles. The number of hydrogen-bond acceptors (Lipinski definition) is 4. The lowest BCUT2D eigenvalue weighted by molar-refractivity contribution is 0.248. The summed E-state index contributed by atoms with van der Waals surface area (Å²) in [5, 5.41) is 0. The minimum atomic E-state index is -3.42. The molecule has 0 atom stereocenters. The Labute approximate surface area is 108 Å². The van der Waals surface area contributed by atoms with E-state index in [0.29, 0.717) is 6.54 Å². The van der Waals surface area contributed by atoms with Crippen molar-refractivity contribution in [3.05, 3.63) is 18.0 Å². The van der Waals surface area contributed by atoms with Crippen LogP contribution >= 0.6 is 0 Å². The molecule has 1 aliphatic rings. The molecule has 0 aliphatic carbocycles. The highest BCUT2D eigenvalue weighted by atomic mass is 32.2. The first-order chi connectivity index (χ1) is 8.51. The minimum absolute atomic E-state index is 0.0300. The van der Waals surface area contributed by atoms with Crippen LogP contribution < -0.4 is 10.5 Å². The smallest absolute Gasteiger partial charge is 0.242 e. The van der Waals surface area contributed by atoms with Gasteiger partial charge in [0.25, 0.3) is 0 Å². The first kappa shape index (κ1) is 13.5. The Morgan fingerprint density at radius 1 is 1.50 bits per heavy atom. The second kappa shape index (κ2) is 5.40. The van der Waals surface area contributed by atoms with E-state index in [0.717, 1.165) is 31.6 Å². The number of aromatic amines is 1. The van der Waals surface area contributed by atoms with Crippen LogP contribution in [0.4, 0.5) is 0 Å². The van der Waals surface area contributed by atoms with Gasteiger partial charge in [0, 0.05) is 24.5 Å². The van der Waals surface area contributed by atoms with Crippen LogP contribution in [0.5, 0.6) is 0 Å². The van der Waals surface area contributed by atoms with E-state index in [2.05, 4.69) is 14.6 Å². The summed E-state index contributed by atoms with van der Waals surface area (Å²) in [6.45, 7) is 2.16. The second-order valence-electron chi connectivity index (χ2n) is 4.76. The van der Waals surface area contributed by atoms with Crippen molar-refractivity contribution >= 4 is 10.0 Å². The fraction of sp³-hybridized carbons (Fsp3) is 0.636. The molecule has 102 valence electrons. The van der Waals surface area contributed by atoms with Crippen LogP contribution in [0.25, 0.3) is 0 Å². The van der Waals surface area contributed by atoms with Crippen molar-refractivity contribution in [1.29, 1.82) is 0 Å². The fourth-order valence-electron chi connectivity index (χ4n) is 2.11. The number of aromatic nitrogens is 1. The van der Waals surface area contributed by atoms with E-state index in [9.17, 15) is 8.42 Å². The molecule has 2 heterocycles. The Hall–Kier alpha value is -0.890. The van der Waals surface area contributed by atoms with Gasteiger partial charge in [-0.3, -0.25) is 0 Å². The average Bonchev–Trinajstić information content (AvgIpc) is 2.81. The molecule has 6 nitrogen and oxygen atoms in total. The highest BCUT2D eigenvalue weighted by Gasteiger charge is 2.23. The monoisotopic (exact) mass is 272 g/mol. The molecular formula is C11H20N4O2S. The Balaban J connectivity index is 2.03. The number of hydrogen-bond donors (Lipinski definition) is 3. The molecule has 0 bridgehead atoms. The molecule has 1 saturated heterocycles. The van der Waals surface area contributed by atoms with Gasteiger partial charge in [-0.2, -0.15) is 0 Å². The fourth-order valence-corrected chi connectivity index (χ4v) is 3.43. The number of H-pyrrole nitrogens is 1. The first-order valence-electron chi connectivity index (χ1n) is 6.09. The lowest BCUT2D eigenvalue weighted by atomic mass is 10.1. The number of nitrogens with one attached hydrogen (secondary N) is 2. The lowest BCUT2D eigenvalue weighted by Crippen LogP contribution is -2.43. The van der Waals surface area contributed by atoms with Crippen molar-refractivity contribution in [3.8, 4) is 0 Å². The predicted molar refractivity (Wildman–Crippen MR) is 69.5 cm³/mol. The van der Waals surface area contributed by atoms with Crippen LogP contribution in [-0.4, -0.2) is 44.5 Å². The van der Waals surface area contributed by atoms with Crippen molar-refractivity contribution < 1.29 is 8.42 Å². The van der Waals surface area contributed by atoms with E-state index in [-0.39, 0.29) is 10.9 Å². The normalized spacial score (nSPS) is 19.2. The van der Waals surface area contributed by atoms with Crippen molar-refractivity contribution in [1.82, 2.24) is 14.6 Å². The van der Waals surface area contributed by atoms with Gasteiger partial charge in [-0.25, -0.2) is 13.1 Å². The highest BCUT2D eigenvalue weighted by molar-refractivity contribution is 7.89. The number of nitrogens with two attached hydrogens (primary N) is 1. The molecule has 7 heteroatoms. The number of rotatable bonds is 4. The molecule has 0 radical (unpaired) electrons. The molecule has 4 N–H and O–H groups in total. The number of piperidine rings is 1. The van der Waals surface area contributed by atoms with Gasteiger partial charge >= 0.3 is 0 Å². The molecule has 0 amide bonds. The molecule has 0 spiro atoms. The van der Waals surface area contributed by atoms with Crippen LogP contribution in [0.2, 0.25) is 0 Å². The maximum atomic E-state index is 12.1. The Kier molecular flexibility index (Phi) is 4.06. The van der Waals surface area contributed by atoms with Crippen LogP contribution in [0.1, 0.15) is 18.5 Å². The Morgan fingerprint density at radius 2 is 2.17 bits per heavy atom. The lowest BCUT2D eigenvalue weighted by Gasteiger charge is -2.29. The molecule has 1 fully saturated rings. The minimum Gasteiger partial charge on any atom is -0.363 e. The van der Waals surface area contributed by atoms with Crippen molar-refractivity contribution in [2.45, 2.75) is 30.3 Å². The van der Waals surface area contributed by atoms with Gasteiger partial charge in [0.05, 0.1) is 4.90 Å². The second-order valence-corrected chi connectivity index (χ2v) is 6.48. The summed E-state index contributed by atoms with van der Waals surface area (Å²) in [5.74, 6) is 0. The molecular weight excluding hydrogens is 252 g/mol. The molecule has 0 unspecified atom stereocenters. The summed E-state index contributed by atoms with van der Waals surface area (Å²) in [7, 11) is -1.38. The van der Waals surface area contributed by atoms with Gasteiger partial charge in [-0.1, -0.05) is 0 Å². The molecule has 2 rings (SSSR count). The van der Waals surface area contributed by atoms with Crippen LogP contribution in [0, 0.1) is 0 Å². The van der Waals surface area contributed by atoms with Crippen molar-refractivity contribution in [3.63, 3.8) is 0 Å². The van der Waals surface area contributed by atoms with Gasteiger partial charge in [-0.05, 0) is 39.0 Å². The standard InChI is InChI=1S/C11H20N4O2S/c1-15-4-2-9(3-5-15)14-18(16,17)11-6-10(7-12)13-8-11/h6,8-9,13-14H,2-5,7,12H2,1H3. The van der Waals surface area contributed by atoms with E-state index in [4.69, 9.17) is 5.73 Å². The predicted octanol–water partition coefficient (Wildman–Crippen LogP) is -0.154. The van der Waals surface area contributed by atoms with E-state index in [1.54, 1.807) is 6.07 Å². The molecule has 1 aliphatic heterocycles. The number of sulfonamides is 1. The zero-order valence-corrected chi connectivity index (χ0v) is 11.3. The SMILES string of the molecule is CN1CCC(NS(=O)(=O)c2c[nH]c(CN)c2)CC1. The topological polar surface area (TPSA) is 91.2 Å². The summed E-state index contributed by atoms with van der Waals surface area (Å²) >= 11 is 0. The Bertz CT molecular complexity index is 489. The zero-order chi connectivity index (χ0) is 13.2. The van der Waals surface area contributed by atoms with Gasteiger partial charge in [0.15, 0.2) is 0 Å². The quantitative estimate of drug-likeness (QED) is 0.710. The summed E-state index contributed by atoms with van der Waals surface area (Å²) in [6.07, 6.45) is 3.19. The van der Waals surface area contributed by atoms with Crippen molar-refractivity contribution in [2.75, 3.05) is 20.1 Å². The maximum absolute atomic E-state index is 12.1. The molecule has 18 heavy (non-hydrogen) atoms. The summed E-state index contributed by atoms with van der Waals surface area (Å²) in [6, 6.07) is 1.61. The highest BCUT2D eigenvalue weighted by Crippen LogP contribution is 2.15. The largest absolute Gasteiger partial charge is 0.363 e. The van der Waals surface area contributed by atoms with Gasteiger partial charge in [0.1, 0.15) is 0 Å². The summed E-state index contributed by atoms with van der Waals surface area (Å²) < 4.78 is 27.0. The summed E-state index contributed by atoms with van der Waals surface area (Å²) in [4.78, 5) is 5.32. The average molecular weight is 272 g/mol. The number of likely N-dealkylation sites (tertiary alicyclic amines) is 1. The molecule has 1 aromatic rings. The Morgan fingerprint density at radius 3 is 2.72 bits per heavy atom. The van der Waals surface area contributed by atoms with Gasteiger partial charge in [-0.15, -0.1) is 0 Å². The van der Waals surface area contributed by atoms with Crippen LogP contribution in [0.3, 0.4) is 0 Å².